The number of carbonyl (C=O) groups excluding carboxylic acids is 1. The monoisotopic (exact) mass is 508 g/mol. The van der Waals surface area contributed by atoms with Gasteiger partial charge in [0.25, 0.3) is 0 Å². The lowest BCUT2D eigenvalue weighted by atomic mass is 10.1. The Hall–Kier alpha value is -2.45. The first-order valence-electron chi connectivity index (χ1n) is 10.1. The van der Waals surface area contributed by atoms with E-state index in [0.717, 1.165) is 9.87 Å². The van der Waals surface area contributed by atoms with E-state index in [-0.39, 0.29) is 22.3 Å². The van der Waals surface area contributed by atoms with Crippen LogP contribution in [0.2, 0.25) is 10.0 Å². The molecule has 1 atom stereocenters. The van der Waals surface area contributed by atoms with Crippen LogP contribution < -0.4 is 5.32 Å². The van der Waals surface area contributed by atoms with Crippen molar-refractivity contribution in [2.75, 3.05) is 6.54 Å². The van der Waals surface area contributed by atoms with Gasteiger partial charge < -0.3 is 5.32 Å². The fourth-order valence-electron chi connectivity index (χ4n) is 3.21. The molecule has 0 aliphatic carbocycles. The van der Waals surface area contributed by atoms with Crippen molar-refractivity contribution in [2.45, 2.75) is 31.3 Å². The quantitative estimate of drug-likeness (QED) is 0.436. The minimum Gasteiger partial charge on any atom is -0.348 e. The standard InChI is InChI=1S/C24H23Cl2FN2O3S/c1-16-3-10-21(11-4-16)33(31,32)29(14-18-5-12-22(25)23(26)13-18)15-24(30)28-17(2)19-6-8-20(27)9-7-19/h3-13,17H,14-15H2,1-2H3,(H,28,30)/t17-/m0/s1. The zero-order valence-electron chi connectivity index (χ0n) is 18.1. The molecule has 0 heterocycles. The molecule has 174 valence electrons. The summed E-state index contributed by atoms with van der Waals surface area (Å²) >= 11 is 12.1. The summed E-state index contributed by atoms with van der Waals surface area (Å²) in [5, 5.41) is 3.41. The van der Waals surface area contributed by atoms with E-state index in [1.807, 2.05) is 6.92 Å². The molecule has 0 unspecified atom stereocenters. The molecule has 0 saturated heterocycles. The Morgan fingerprint density at radius 3 is 2.24 bits per heavy atom. The number of carbonyl (C=O) groups is 1. The highest BCUT2D eigenvalue weighted by Crippen LogP contribution is 2.25. The van der Waals surface area contributed by atoms with Crippen LogP contribution in [-0.2, 0) is 21.4 Å². The number of rotatable bonds is 8. The molecule has 1 amide bonds. The summed E-state index contributed by atoms with van der Waals surface area (Å²) in [5.74, 6) is -0.878. The smallest absolute Gasteiger partial charge is 0.243 e. The van der Waals surface area contributed by atoms with Gasteiger partial charge in [0.05, 0.1) is 27.5 Å². The molecule has 0 spiro atoms. The second-order valence-corrected chi connectivity index (χ2v) is 10.4. The molecule has 1 N–H and O–H groups in total. The topological polar surface area (TPSA) is 66.5 Å². The summed E-state index contributed by atoms with van der Waals surface area (Å²) in [5.41, 5.74) is 2.19. The molecule has 3 aromatic carbocycles. The molecule has 3 aromatic rings. The number of hydrogen-bond donors (Lipinski definition) is 1. The number of amides is 1. The third-order valence-corrected chi connectivity index (χ3v) is 7.61. The van der Waals surface area contributed by atoms with E-state index in [1.54, 1.807) is 49.4 Å². The minimum atomic E-state index is -3.99. The van der Waals surface area contributed by atoms with Crippen LogP contribution in [0.25, 0.3) is 0 Å². The molecule has 0 aliphatic rings. The van der Waals surface area contributed by atoms with Gasteiger partial charge in [-0.2, -0.15) is 4.31 Å². The van der Waals surface area contributed by atoms with Gasteiger partial charge in [0.1, 0.15) is 5.82 Å². The van der Waals surface area contributed by atoms with Crippen molar-refractivity contribution in [2.24, 2.45) is 0 Å². The summed E-state index contributed by atoms with van der Waals surface area (Å²) in [4.78, 5) is 12.9. The van der Waals surface area contributed by atoms with E-state index in [4.69, 9.17) is 23.2 Å². The molecule has 0 radical (unpaired) electrons. The molecule has 0 aromatic heterocycles. The summed E-state index contributed by atoms with van der Waals surface area (Å²) in [6.45, 7) is 3.10. The highest BCUT2D eigenvalue weighted by Gasteiger charge is 2.27. The van der Waals surface area contributed by atoms with Gasteiger partial charge in [-0.3, -0.25) is 4.79 Å². The number of hydrogen-bond acceptors (Lipinski definition) is 3. The SMILES string of the molecule is Cc1ccc(S(=O)(=O)N(CC(=O)N[C@@H](C)c2ccc(F)cc2)Cc2ccc(Cl)c(Cl)c2)cc1. The van der Waals surface area contributed by atoms with Crippen LogP contribution in [0.3, 0.4) is 0 Å². The number of sulfonamides is 1. The number of aryl methyl sites for hydroxylation is 1. The van der Waals surface area contributed by atoms with Crippen LogP contribution in [0.5, 0.6) is 0 Å². The lowest BCUT2D eigenvalue weighted by Crippen LogP contribution is -2.41. The van der Waals surface area contributed by atoms with Crippen LogP contribution in [0.4, 0.5) is 4.39 Å². The third-order valence-electron chi connectivity index (χ3n) is 5.07. The molecule has 0 fully saturated rings. The summed E-state index contributed by atoms with van der Waals surface area (Å²) in [6, 6.07) is 16.5. The fraction of sp³-hybridized carbons (Fsp3) is 0.208. The average Bonchev–Trinajstić information content (AvgIpc) is 2.76. The van der Waals surface area contributed by atoms with E-state index < -0.39 is 28.5 Å². The Labute approximate surface area is 203 Å². The van der Waals surface area contributed by atoms with Crippen LogP contribution in [0, 0.1) is 12.7 Å². The van der Waals surface area contributed by atoms with E-state index in [1.165, 1.54) is 24.3 Å². The van der Waals surface area contributed by atoms with Crippen molar-refractivity contribution in [3.63, 3.8) is 0 Å². The first-order chi connectivity index (χ1) is 15.6. The second kappa shape index (κ2) is 10.7. The van der Waals surface area contributed by atoms with Gasteiger partial charge in [0.15, 0.2) is 0 Å². The first kappa shape index (κ1) is 25.2. The zero-order chi connectivity index (χ0) is 24.2. The van der Waals surface area contributed by atoms with Gasteiger partial charge in [0.2, 0.25) is 15.9 Å². The average molecular weight is 509 g/mol. The van der Waals surface area contributed by atoms with E-state index in [2.05, 4.69) is 5.32 Å². The van der Waals surface area contributed by atoms with Gasteiger partial charge >= 0.3 is 0 Å². The molecule has 5 nitrogen and oxygen atoms in total. The van der Waals surface area contributed by atoms with E-state index >= 15 is 0 Å². The molecular weight excluding hydrogens is 486 g/mol. The Kier molecular flexibility index (Phi) is 8.13. The van der Waals surface area contributed by atoms with Crippen molar-refractivity contribution in [1.82, 2.24) is 9.62 Å². The van der Waals surface area contributed by atoms with Gasteiger partial charge in [-0.1, -0.05) is 59.1 Å². The van der Waals surface area contributed by atoms with E-state index in [9.17, 15) is 17.6 Å². The second-order valence-electron chi connectivity index (χ2n) is 7.68. The van der Waals surface area contributed by atoms with Crippen molar-refractivity contribution in [1.29, 1.82) is 0 Å². The maximum atomic E-state index is 13.4. The number of halogens is 3. The van der Waals surface area contributed by atoms with Crippen LogP contribution in [-0.4, -0.2) is 25.2 Å². The lowest BCUT2D eigenvalue weighted by molar-refractivity contribution is -0.122. The summed E-state index contributed by atoms with van der Waals surface area (Å²) in [7, 11) is -3.99. The van der Waals surface area contributed by atoms with Crippen LogP contribution in [0.15, 0.2) is 71.6 Å². The predicted molar refractivity (Wildman–Crippen MR) is 128 cm³/mol. The molecule has 3 rings (SSSR count). The first-order valence-corrected chi connectivity index (χ1v) is 12.3. The van der Waals surface area contributed by atoms with Gasteiger partial charge in [0, 0.05) is 6.54 Å². The Morgan fingerprint density at radius 2 is 1.64 bits per heavy atom. The Balaban J connectivity index is 1.85. The Morgan fingerprint density at radius 1 is 1.00 bits per heavy atom. The highest BCUT2D eigenvalue weighted by molar-refractivity contribution is 7.89. The van der Waals surface area contributed by atoms with E-state index in [0.29, 0.717) is 16.1 Å². The molecule has 0 aliphatic heterocycles. The largest absolute Gasteiger partial charge is 0.348 e. The van der Waals surface area contributed by atoms with Gasteiger partial charge in [-0.15, -0.1) is 0 Å². The molecule has 33 heavy (non-hydrogen) atoms. The zero-order valence-corrected chi connectivity index (χ0v) is 20.4. The molecule has 0 saturated carbocycles. The van der Waals surface area contributed by atoms with Crippen molar-refractivity contribution in [3.05, 3.63) is 99.3 Å². The number of nitrogens with one attached hydrogen (secondary N) is 1. The van der Waals surface area contributed by atoms with Crippen molar-refractivity contribution < 1.29 is 17.6 Å². The molecule has 0 bridgehead atoms. The highest BCUT2D eigenvalue weighted by atomic mass is 35.5. The Bertz CT molecular complexity index is 1230. The normalized spacial score (nSPS) is 12.5. The number of benzene rings is 3. The fourth-order valence-corrected chi connectivity index (χ4v) is 4.91. The number of nitrogens with zero attached hydrogens (tertiary/aromatic N) is 1. The third kappa shape index (κ3) is 6.54. The lowest BCUT2D eigenvalue weighted by Gasteiger charge is -2.23. The van der Waals surface area contributed by atoms with Gasteiger partial charge in [-0.25, -0.2) is 12.8 Å². The van der Waals surface area contributed by atoms with Crippen molar-refractivity contribution >= 4 is 39.1 Å². The summed E-state index contributed by atoms with van der Waals surface area (Å²) in [6.07, 6.45) is 0. The minimum absolute atomic E-state index is 0.0764. The van der Waals surface area contributed by atoms with Crippen LogP contribution in [0.1, 0.15) is 29.7 Å². The van der Waals surface area contributed by atoms with Gasteiger partial charge in [-0.05, 0) is 61.4 Å². The summed E-state index contributed by atoms with van der Waals surface area (Å²) < 4.78 is 41.0. The maximum absolute atomic E-state index is 13.4. The van der Waals surface area contributed by atoms with Crippen LogP contribution >= 0.6 is 23.2 Å². The molecular formula is C24H23Cl2FN2O3S. The van der Waals surface area contributed by atoms with Crippen molar-refractivity contribution in [3.8, 4) is 0 Å². The molecule has 9 heteroatoms. The predicted octanol–water partition coefficient (Wildman–Crippen LogP) is 5.51. The maximum Gasteiger partial charge on any atom is 0.243 e.